The number of esters is 2. The molecule has 0 radical (unpaired) electrons. The molecule has 0 rings (SSSR count). The summed E-state index contributed by atoms with van der Waals surface area (Å²) in [5, 5.41) is 0. The summed E-state index contributed by atoms with van der Waals surface area (Å²) in [4.78, 5) is 26.1. The minimum atomic E-state index is -1.30. The van der Waals surface area contributed by atoms with E-state index in [9.17, 15) is 9.59 Å². The lowest BCUT2D eigenvalue weighted by molar-refractivity contribution is -0.156. The number of hydrogen-bond donors (Lipinski definition) is 0. The normalized spacial score (nSPS) is 10.4. The summed E-state index contributed by atoms with van der Waals surface area (Å²) in [5.74, 6) is -1.49. The van der Waals surface area contributed by atoms with Gasteiger partial charge in [0, 0.05) is 0 Å². The van der Waals surface area contributed by atoms with Crippen LogP contribution in [0.4, 0.5) is 0 Å². The largest absolute Gasteiger partial charge is 0.487 e. The van der Waals surface area contributed by atoms with Gasteiger partial charge < -0.3 is 14.2 Å². The highest BCUT2D eigenvalue weighted by Crippen LogP contribution is 1.99. The van der Waals surface area contributed by atoms with E-state index < -0.39 is 18.0 Å². The van der Waals surface area contributed by atoms with Crippen LogP contribution in [0.25, 0.3) is 0 Å². The summed E-state index contributed by atoms with van der Waals surface area (Å²) in [6.07, 6.45) is 0.999. The van der Waals surface area contributed by atoms with E-state index >= 15 is 0 Å². The van der Waals surface area contributed by atoms with Crippen molar-refractivity contribution in [3.8, 4) is 0 Å². The van der Waals surface area contributed by atoms with Crippen LogP contribution in [0.2, 0.25) is 0 Å². The van der Waals surface area contributed by atoms with Crippen LogP contribution >= 0.6 is 0 Å². The van der Waals surface area contributed by atoms with Crippen LogP contribution in [0, 0.1) is 0 Å². The molecule has 0 aliphatic carbocycles. The number of methoxy groups -OCH3 is 1. The van der Waals surface area contributed by atoms with E-state index in [2.05, 4.69) is 19.2 Å². The van der Waals surface area contributed by atoms with Gasteiger partial charge in [-0.2, -0.15) is 0 Å². The first kappa shape index (κ1) is 13.4. The third kappa shape index (κ3) is 4.99. The number of carbonyl (C=O) groups excluding carboxylic acids is 2. The van der Waals surface area contributed by atoms with Gasteiger partial charge in [0.05, 0.1) is 20.3 Å². The Bertz CT molecular complexity index is 221. The van der Waals surface area contributed by atoms with E-state index in [1.54, 1.807) is 13.8 Å². The molecule has 0 bridgehead atoms. The minimum Gasteiger partial charge on any atom is -0.487 e. The Balaban J connectivity index is 4.49. The van der Waals surface area contributed by atoms with Gasteiger partial charge in [0.2, 0.25) is 6.04 Å². The van der Waals surface area contributed by atoms with Crippen molar-refractivity contribution in [1.82, 2.24) is 0 Å². The molecule has 6 nitrogen and oxygen atoms in total. The maximum absolute atomic E-state index is 11.3. The molecule has 0 aliphatic heterocycles. The zero-order valence-electron chi connectivity index (χ0n) is 9.06. The molecule has 0 heterocycles. The van der Waals surface area contributed by atoms with Gasteiger partial charge in [-0.25, -0.2) is 14.6 Å². The predicted molar refractivity (Wildman–Crippen MR) is 52.6 cm³/mol. The van der Waals surface area contributed by atoms with Crippen molar-refractivity contribution < 1.29 is 23.8 Å². The van der Waals surface area contributed by atoms with Crippen molar-refractivity contribution in [3.63, 3.8) is 0 Å². The number of ether oxygens (including phenoxy) is 3. The zero-order chi connectivity index (χ0) is 11.7. The van der Waals surface area contributed by atoms with Gasteiger partial charge in [0.15, 0.2) is 6.40 Å². The number of hydrogen-bond acceptors (Lipinski definition) is 6. The third-order valence-electron chi connectivity index (χ3n) is 1.34. The van der Waals surface area contributed by atoms with Gasteiger partial charge in [-0.3, -0.25) is 0 Å². The average molecular weight is 217 g/mol. The summed E-state index contributed by atoms with van der Waals surface area (Å²) in [6, 6.07) is -1.30. The van der Waals surface area contributed by atoms with Gasteiger partial charge in [-0.1, -0.05) is 0 Å². The van der Waals surface area contributed by atoms with Crippen molar-refractivity contribution in [1.29, 1.82) is 0 Å². The minimum absolute atomic E-state index is 0.178. The fraction of sp³-hybridized carbons (Fsp3) is 0.667. The Kier molecular flexibility index (Phi) is 6.96. The van der Waals surface area contributed by atoms with Crippen molar-refractivity contribution in [2.75, 3.05) is 20.3 Å². The summed E-state index contributed by atoms with van der Waals surface area (Å²) >= 11 is 0. The van der Waals surface area contributed by atoms with Crippen molar-refractivity contribution in [2.45, 2.75) is 19.9 Å². The Labute approximate surface area is 88.2 Å². The van der Waals surface area contributed by atoms with Crippen LogP contribution in [-0.4, -0.2) is 44.7 Å². The second-order valence-electron chi connectivity index (χ2n) is 2.40. The topological polar surface area (TPSA) is 74.2 Å². The molecule has 0 aromatic rings. The van der Waals surface area contributed by atoms with Crippen LogP contribution in [0.1, 0.15) is 13.8 Å². The second kappa shape index (κ2) is 7.78. The van der Waals surface area contributed by atoms with Crippen LogP contribution in [-0.2, 0) is 23.8 Å². The maximum atomic E-state index is 11.3. The van der Waals surface area contributed by atoms with Gasteiger partial charge in [0.25, 0.3) is 0 Å². The van der Waals surface area contributed by atoms with Crippen molar-refractivity contribution >= 4 is 18.3 Å². The standard InChI is InChI=1S/C9H15NO5/c1-4-14-8(11)7(10-6-13-3)9(12)15-5-2/h6-7H,4-5H2,1-3H3. The lowest BCUT2D eigenvalue weighted by atomic mass is 10.3. The van der Waals surface area contributed by atoms with Crippen LogP contribution < -0.4 is 0 Å². The molecule has 0 unspecified atom stereocenters. The Morgan fingerprint density at radius 2 is 1.67 bits per heavy atom. The van der Waals surface area contributed by atoms with E-state index in [1.807, 2.05) is 0 Å². The Hall–Kier alpha value is -1.59. The van der Waals surface area contributed by atoms with Gasteiger partial charge >= 0.3 is 11.9 Å². The molecule has 15 heavy (non-hydrogen) atoms. The molecule has 0 aliphatic rings. The molecule has 0 amide bonds. The summed E-state index contributed by atoms with van der Waals surface area (Å²) < 4.78 is 13.8. The Morgan fingerprint density at radius 3 is 2.00 bits per heavy atom. The molecule has 0 aromatic heterocycles. The number of rotatable bonds is 6. The van der Waals surface area contributed by atoms with E-state index in [1.165, 1.54) is 7.11 Å². The molecule has 0 saturated heterocycles. The molecular weight excluding hydrogens is 202 g/mol. The van der Waals surface area contributed by atoms with Gasteiger partial charge in [-0.15, -0.1) is 0 Å². The molecule has 86 valence electrons. The zero-order valence-corrected chi connectivity index (χ0v) is 9.06. The van der Waals surface area contributed by atoms with Gasteiger partial charge in [0.1, 0.15) is 0 Å². The van der Waals surface area contributed by atoms with Crippen LogP contribution in [0.3, 0.4) is 0 Å². The molecule has 0 atom stereocenters. The summed E-state index contributed by atoms with van der Waals surface area (Å²) in [6.45, 7) is 3.63. The smallest absolute Gasteiger partial charge is 0.342 e. The first-order valence-corrected chi connectivity index (χ1v) is 4.55. The summed E-state index contributed by atoms with van der Waals surface area (Å²) in [5.41, 5.74) is 0. The highest BCUT2D eigenvalue weighted by Gasteiger charge is 2.28. The first-order valence-electron chi connectivity index (χ1n) is 4.55. The predicted octanol–water partition coefficient (Wildman–Crippen LogP) is 0.156. The fourth-order valence-electron chi connectivity index (χ4n) is 0.782. The second-order valence-corrected chi connectivity index (χ2v) is 2.40. The summed E-state index contributed by atoms with van der Waals surface area (Å²) in [7, 11) is 1.36. The highest BCUT2D eigenvalue weighted by molar-refractivity contribution is 6.00. The lowest BCUT2D eigenvalue weighted by Gasteiger charge is -2.09. The molecule has 0 spiro atoms. The van der Waals surface area contributed by atoms with Crippen LogP contribution in [0.5, 0.6) is 0 Å². The molecule has 0 N–H and O–H groups in total. The number of aliphatic imine (C=N–C) groups is 1. The molecule has 0 aromatic carbocycles. The van der Waals surface area contributed by atoms with Crippen molar-refractivity contribution in [3.05, 3.63) is 0 Å². The van der Waals surface area contributed by atoms with Crippen molar-refractivity contribution in [2.24, 2.45) is 4.99 Å². The third-order valence-corrected chi connectivity index (χ3v) is 1.34. The molecule has 6 heteroatoms. The Morgan fingerprint density at radius 1 is 1.20 bits per heavy atom. The molecule has 0 saturated carbocycles. The first-order chi connectivity index (χ1) is 7.17. The SMILES string of the molecule is CCOC(=O)C(N=COC)C(=O)OCC. The van der Waals surface area contributed by atoms with E-state index in [4.69, 9.17) is 0 Å². The van der Waals surface area contributed by atoms with E-state index in [-0.39, 0.29) is 13.2 Å². The fourth-order valence-corrected chi connectivity index (χ4v) is 0.782. The quantitative estimate of drug-likeness (QED) is 0.274. The maximum Gasteiger partial charge on any atom is 0.342 e. The lowest BCUT2D eigenvalue weighted by Crippen LogP contribution is -2.32. The number of nitrogens with zero attached hydrogens (tertiary/aromatic N) is 1. The molecule has 0 fully saturated rings. The van der Waals surface area contributed by atoms with Crippen LogP contribution in [0.15, 0.2) is 4.99 Å². The average Bonchev–Trinajstić information content (AvgIpc) is 2.19. The van der Waals surface area contributed by atoms with E-state index in [0.717, 1.165) is 6.40 Å². The number of carbonyl (C=O) groups is 2. The monoisotopic (exact) mass is 217 g/mol. The van der Waals surface area contributed by atoms with Gasteiger partial charge in [-0.05, 0) is 13.8 Å². The molecular formula is C9H15NO5. The highest BCUT2D eigenvalue weighted by atomic mass is 16.6. The van der Waals surface area contributed by atoms with E-state index in [0.29, 0.717) is 0 Å².